The Hall–Kier alpha value is -4.98. The van der Waals surface area contributed by atoms with Gasteiger partial charge in [-0.3, -0.25) is 0 Å². The second-order valence-electron chi connectivity index (χ2n) is 12.1. The smallest absolute Gasteiger partial charge is 0.267 e. The van der Waals surface area contributed by atoms with Gasteiger partial charge in [-0.15, -0.1) is 0 Å². The van der Waals surface area contributed by atoms with E-state index < -0.39 is 21.2 Å². The number of epoxide rings is 1. The van der Waals surface area contributed by atoms with Crippen molar-refractivity contribution in [2.75, 3.05) is 7.11 Å². The molecule has 5 aromatic carbocycles. The fourth-order valence-electron chi connectivity index (χ4n) is 6.95. The molecule has 0 bridgehead atoms. The van der Waals surface area contributed by atoms with Crippen LogP contribution in [0.3, 0.4) is 0 Å². The van der Waals surface area contributed by atoms with Crippen LogP contribution < -0.4 is 4.74 Å². The predicted molar refractivity (Wildman–Crippen MR) is 182 cm³/mol. The summed E-state index contributed by atoms with van der Waals surface area (Å²) < 4.78 is 57.2. The molecule has 47 heavy (non-hydrogen) atoms. The molecular formula is C40H34FNO4S. The van der Waals surface area contributed by atoms with Gasteiger partial charge in [-0.05, 0) is 90.6 Å². The maximum atomic E-state index is 14.7. The van der Waals surface area contributed by atoms with Crippen LogP contribution in [0.25, 0.3) is 11.1 Å². The van der Waals surface area contributed by atoms with Crippen molar-refractivity contribution in [2.24, 2.45) is 0 Å². The van der Waals surface area contributed by atoms with E-state index in [0.29, 0.717) is 28.0 Å². The SMILES string of the molecule is COc1ccc(C2(c3cn(S(=O)(=O)c4ccc(C)cc4)cc3-c3c(C)cc(F)cc3C)OC2(c2ccccc2)c2ccccc2)cc1. The minimum Gasteiger partial charge on any atom is -0.497 e. The van der Waals surface area contributed by atoms with E-state index in [0.717, 1.165) is 27.8 Å². The fraction of sp³-hybridized carbons (Fsp3) is 0.150. The van der Waals surface area contributed by atoms with E-state index in [9.17, 15) is 12.8 Å². The molecule has 236 valence electrons. The number of hydrogen-bond acceptors (Lipinski definition) is 4. The molecule has 0 radical (unpaired) electrons. The Morgan fingerprint density at radius 2 is 1.21 bits per heavy atom. The van der Waals surface area contributed by atoms with E-state index in [-0.39, 0.29) is 10.7 Å². The van der Waals surface area contributed by atoms with Crippen molar-refractivity contribution < 1.29 is 22.3 Å². The van der Waals surface area contributed by atoms with Crippen molar-refractivity contribution >= 4 is 10.0 Å². The van der Waals surface area contributed by atoms with Gasteiger partial charge in [0.25, 0.3) is 10.0 Å². The number of halogens is 1. The number of aromatic nitrogens is 1. The minimum absolute atomic E-state index is 0.163. The van der Waals surface area contributed by atoms with Crippen LogP contribution in [0, 0.1) is 26.6 Å². The van der Waals surface area contributed by atoms with Crippen LogP contribution in [0.2, 0.25) is 0 Å². The molecule has 6 aromatic rings. The van der Waals surface area contributed by atoms with E-state index >= 15 is 0 Å². The van der Waals surface area contributed by atoms with Crippen LogP contribution >= 0.6 is 0 Å². The molecule has 0 amide bonds. The maximum absolute atomic E-state index is 14.7. The number of hydrogen-bond donors (Lipinski definition) is 0. The molecule has 7 heteroatoms. The summed E-state index contributed by atoms with van der Waals surface area (Å²) in [6.07, 6.45) is 3.32. The largest absolute Gasteiger partial charge is 0.497 e. The quantitative estimate of drug-likeness (QED) is 0.156. The van der Waals surface area contributed by atoms with Crippen LogP contribution in [-0.2, 0) is 26.0 Å². The van der Waals surface area contributed by atoms with Crippen LogP contribution in [0.5, 0.6) is 5.75 Å². The molecule has 1 atom stereocenters. The van der Waals surface area contributed by atoms with E-state index in [4.69, 9.17) is 9.47 Å². The first-order valence-corrected chi connectivity index (χ1v) is 16.8. The average molecular weight is 644 g/mol. The van der Waals surface area contributed by atoms with Crippen molar-refractivity contribution in [1.82, 2.24) is 3.97 Å². The molecule has 0 spiro atoms. The summed E-state index contributed by atoms with van der Waals surface area (Å²) >= 11 is 0. The van der Waals surface area contributed by atoms with Gasteiger partial charge in [-0.1, -0.05) is 90.5 Å². The molecule has 2 heterocycles. The number of aryl methyl sites for hydroxylation is 3. The molecule has 1 unspecified atom stereocenters. The lowest BCUT2D eigenvalue weighted by atomic mass is 9.72. The van der Waals surface area contributed by atoms with Crippen molar-refractivity contribution in [3.05, 3.63) is 178 Å². The molecule has 0 N–H and O–H groups in total. The van der Waals surface area contributed by atoms with Gasteiger partial charge in [0.2, 0.25) is 0 Å². The minimum atomic E-state index is -4.02. The van der Waals surface area contributed by atoms with E-state index in [1.165, 1.54) is 16.1 Å². The topological polar surface area (TPSA) is 60.8 Å². The monoisotopic (exact) mass is 643 g/mol. The first-order valence-electron chi connectivity index (χ1n) is 15.4. The van der Waals surface area contributed by atoms with Crippen LogP contribution in [0.1, 0.15) is 38.9 Å². The van der Waals surface area contributed by atoms with Gasteiger partial charge in [-0.25, -0.2) is 16.8 Å². The summed E-state index contributed by atoms with van der Waals surface area (Å²) in [5.41, 5.74) is 4.78. The lowest BCUT2D eigenvalue weighted by molar-refractivity contribution is 0.300. The lowest BCUT2D eigenvalue weighted by Crippen LogP contribution is -2.26. The Kier molecular flexibility index (Phi) is 7.42. The molecule has 7 rings (SSSR count). The van der Waals surface area contributed by atoms with Crippen LogP contribution in [-0.4, -0.2) is 19.5 Å². The normalized spacial score (nSPS) is 17.0. The van der Waals surface area contributed by atoms with E-state index in [1.807, 2.05) is 106 Å². The van der Waals surface area contributed by atoms with Crippen molar-refractivity contribution in [2.45, 2.75) is 36.9 Å². The standard InChI is InChI=1S/C40H34FNO4S/c1-27-15-21-35(22-16-27)47(43,44)42-25-36(38-28(2)23-33(41)24-29(38)3)37(26-42)40(32-17-19-34(45-4)20-18-32)39(46-40,30-11-7-5-8-12-30)31-13-9-6-10-14-31/h5-26H,1-4H3. The summed E-state index contributed by atoms with van der Waals surface area (Å²) in [7, 11) is -2.41. The van der Waals surface area contributed by atoms with Gasteiger partial charge in [0, 0.05) is 23.5 Å². The molecule has 0 aliphatic carbocycles. The van der Waals surface area contributed by atoms with Gasteiger partial charge in [-0.2, -0.15) is 0 Å². The van der Waals surface area contributed by atoms with Crippen LogP contribution in [0.15, 0.2) is 139 Å². The highest BCUT2D eigenvalue weighted by Gasteiger charge is 2.74. The molecule has 1 aliphatic heterocycles. The third kappa shape index (κ3) is 4.80. The summed E-state index contributed by atoms with van der Waals surface area (Å²) in [5, 5.41) is 0. The first-order chi connectivity index (χ1) is 22.6. The number of benzene rings is 5. The maximum Gasteiger partial charge on any atom is 0.267 e. The van der Waals surface area contributed by atoms with Crippen molar-refractivity contribution in [1.29, 1.82) is 0 Å². The molecule has 0 saturated carbocycles. The molecule has 1 saturated heterocycles. The zero-order valence-electron chi connectivity index (χ0n) is 26.6. The zero-order valence-corrected chi connectivity index (χ0v) is 27.4. The molecular weight excluding hydrogens is 610 g/mol. The van der Waals surface area contributed by atoms with Gasteiger partial charge in [0.15, 0.2) is 11.2 Å². The van der Waals surface area contributed by atoms with E-state index in [1.54, 1.807) is 43.8 Å². The summed E-state index contributed by atoms with van der Waals surface area (Å²) in [6, 6.07) is 37.4. The Balaban J connectivity index is 1.59. The van der Waals surface area contributed by atoms with Crippen LogP contribution in [0.4, 0.5) is 4.39 Å². The lowest BCUT2D eigenvalue weighted by Gasteiger charge is -2.24. The highest BCUT2D eigenvalue weighted by Crippen LogP contribution is 2.70. The number of nitrogens with zero attached hydrogens (tertiary/aromatic N) is 1. The van der Waals surface area contributed by atoms with Gasteiger partial charge in [0.05, 0.1) is 12.0 Å². The fourth-order valence-corrected chi connectivity index (χ4v) is 8.16. The second kappa shape index (κ2) is 11.4. The molecule has 1 aromatic heterocycles. The predicted octanol–water partition coefficient (Wildman–Crippen LogP) is 8.68. The van der Waals surface area contributed by atoms with E-state index in [2.05, 4.69) is 0 Å². The third-order valence-electron chi connectivity index (χ3n) is 9.16. The highest BCUT2D eigenvalue weighted by atomic mass is 32.2. The number of ether oxygens (including phenoxy) is 2. The molecule has 1 fully saturated rings. The van der Waals surface area contributed by atoms with Gasteiger partial charge >= 0.3 is 0 Å². The summed E-state index contributed by atoms with van der Waals surface area (Å²) in [4.78, 5) is 0.163. The van der Waals surface area contributed by atoms with Gasteiger partial charge in [0.1, 0.15) is 11.6 Å². The Morgan fingerprint density at radius 1 is 0.681 bits per heavy atom. The average Bonchev–Trinajstić information content (AvgIpc) is 3.60. The number of methoxy groups -OCH3 is 1. The summed E-state index contributed by atoms with van der Waals surface area (Å²) in [5.74, 6) is 0.326. The molecule has 5 nitrogen and oxygen atoms in total. The zero-order chi connectivity index (χ0) is 33.0. The summed E-state index contributed by atoms with van der Waals surface area (Å²) in [6.45, 7) is 5.60. The van der Waals surface area contributed by atoms with Crippen molar-refractivity contribution in [3.63, 3.8) is 0 Å². The Labute approximate surface area is 274 Å². The Bertz CT molecular complexity index is 2130. The molecule has 1 aliphatic rings. The number of rotatable bonds is 8. The highest BCUT2D eigenvalue weighted by molar-refractivity contribution is 7.90. The van der Waals surface area contributed by atoms with Crippen molar-refractivity contribution in [3.8, 4) is 16.9 Å². The Morgan fingerprint density at radius 3 is 1.74 bits per heavy atom. The van der Waals surface area contributed by atoms with Gasteiger partial charge < -0.3 is 9.47 Å². The second-order valence-corrected chi connectivity index (χ2v) is 13.9. The first kappa shape index (κ1) is 30.7. The third-order valence-corrected chi connectivity index (χ3v) is 10.8.